The molecule has 17 heteroatoms. The van der Waals surface area contributed by atoms with Crippen LogP contribution in [0.15, 0.2) is 42.6 Å². The van der Waals surface area contributed by atoms with Gasteiger partial charge in [-0.25, -0.2) is 9.59 Å². The molecule has 7 amide bonds. The maximum Gasteiger partial charge on any atom is 0.328 e. The van der Waals surface area contributed by atoms with E-state index in [0.717, 1.165) is 5.56 Å². The maximum absolute atomic E-state index is 14.4. The standard InChI is InChI=1S/C37H49N9O8/c1-22-18-29-36(52)54-21-26(39-31(47)25(19-24-10-5-4-6-11-24)40-37(53)41-30-14-17-43(3)42-30)34(50)45-16-9-13-28(45)35(51)44-15-8-7-12-27(44)32(48)38-23(2)33(49)46(29)20-22/h4-6,10-11,14,17,22-23,25-29H,7-9,12-13,15-16,18-21H2,1-3H3,(H,38,48)(H,39,47)(H2,40,41,42,53)/t22-,23-,25-,26-,27-,28-,29-/m0/s1. The minimum absolute atomic E-state index is 0.0486. The summed E-state index contributed by atoms with van der Waals surface area (Å²) in [6.07, 6.45) is 4.64. The molecule has 4 aliphatic rings. The Kier molecular flexibility index (Phi) is 11.8. The van der Waals surface area contributed by atoms with Gasteiger partial charge < -0.3 is 35.4 Å². The number of aryl methyl sites for hydroxylation is 1. The fourth-order valence-corrected chi connectivity index (χ4v) is 7.84. The van der Waals surface area contributed by atoms with Crippen molar-refractivity contribution in [1.82, 2.24) is 40.4 Å². The fraction of sp³-hybridized carbons (Fsp3) is 0.568. The van der Waals surface area contributed by atoms with Crippen molar-refractivity contribution >= 4 is 47.4 Å². The SMILES string of the molecule is C[C@H]1C[C@H]2C(=O)OC[C@H](NC(=O)[C@H](Cc3ccccc3)NC(=O)Nc3ccn(C)n3)C(=O)N3CCC[C@H]3C(=O)N3CCCC[C@H]3C(=O)N[C@@H](C)C(=O)N2C1. The Morgan fingerprint density at radius 2 is 1.61 bits per heavy atom. The van der Waals surface area contributed by atoms with Crippen LogP contribution in [0.4, 0.5) is 10.6 Å². The van der Waals surface area contributed by atoms with Crippen LogP contribution in [0.1, 0.15) is 57.9 Å². The van der Waals surface area contributed by atoms with Gasteiger partial charge in [-0.2, -0.15) is 5.10 Å². The van der Waals surface area contributed by atoms with E-state index in [4.69, 9.17) is 4.74 Å². The number of benzene rings is 1. The molecular formula is C37H49N9O8. The van der Waals surface area contributed by atoms with Crippen LogP contribution in [0.25, 0.3) is 0 Å². The van der Waals surface area contributed by atoms with E-state index >= 15 is 0 Å². The third kappa shape index (κ3) is 8.66. The number of hydrogen-bond donors (Lipinski definition) is 4. The highest BCUT2D eigenvalue weighted by molar-refractivity contribution is 5.98. The van der Waals surface area contributed by atoms with E-state index in [2.05, 4.69) is 26.4 Å². The summed E-state index contributed by atoms with van der Waals surface area (Å²) >= 11 is 0. The Hall–Kier alpha value is -5.48. The predicted octanol–water partition coefficient (Wildman–Crippen LogP) is 0.308. The van der Waals surface area contributed by atoms with E-state index in [1.54, 1.807) is 50.5 Å². The van der Waals surface area contributed by atoms with Crippen molar-refractivity contribution < 1.29 is 38.3 Å². The van der Waals surface area contributed by atoms with Crippen LogP contribution in [0.5, 0.6) is 0 Å². The van der Waals surface area contributed by atoms with E-state index in [9.17, 15) is 33.6 Å². The molecule has 4 N–H and O–H groups in total. The van der Waals surface area contributed by atoms with Crippen LogP contribution >= 0.6 is 0 Å². The number of amides is 7. The number of ether oxygens (including phenoxy) is 1. The first-order valence-corrected chi connectivity index (χ1v) is 18.7. The van der Waals surface area contributed by atoms with Gasteiger partial charge in [0, 0.05) is 45.4 Å². The molecule has 2 aromatic rings. The molecule has 54 heavy (non-hydrogen) atoms. The zero-order chi connectivity index (χ0) is 38.5. The predicted molar refractivity (Wildman–Crippen MR) is 193 cm³/mol. The number of aromatic nitrogens is 2. The number of urea groups is 1. The van der Waals surface area contributed by atoms with Crippen molar-refractivity contribution in [2.75, 3.05) is 31.6 Å². The molecule has 17 nitrogen and oxygen atoms in total. The van der Waals surface area contributed by atoms with E-state index < -0.39 is 84.4 Å². The molecule has 0 radical (unpaired) electrons. The quantitative estimate of drug-likeness (QED) is 0.300. The van der Waals surface area contributed by atoms with Crippen molar-refractivity contribution in [2.45, 2.75) is 95.0 Å². The van der Waals surface area contributed by atoms with E-state index in [0.29, 0.717) is 45.1 Å². The first kappa shape index (κ1) is 38.3. The Morgan fingerprint density at radius 3 is 2.35 bits per heavy atom. The van der Waals surface area contributed by atoms with E-state index in [1.807, 2.05) is 13.0 Å². The number of esters is 1. The smallest absolute Gasteiger partial charge is 0.328 e. The third-order valence-electron chi connectivity index (χ3n) is 10.6. The lowest BCUT2D eigenvalue weighted by atomic mass is 9.99. The van der Waals surface area contributed by atoms with Crippen molar-refractivity contribution in [3.8, 4) is 0 Å². The summed E-state index contributed by atoms with van der Waals surface area (Å²) in [4.78, 5) is 101. The summed E-state index contributed by atoms with van der Waals surface area (Å²) in [5, 5.41) is 14.9. The molecule has 4 aliphatic heterocycles. The number of nitrogens with zero attached hydrogens (tertiary/aromatic N) is 5. The second-order valence-corrected chi connectivity index (χ2v) is 14.7. The normalized spacial score (nSPS) is 27.3. The van der Waals surface area contributed by atoms with Crippen LogP contribution in [-0.4, -0.2) is 129 Å². The second kappa shape index (κ2) is 16.7. The summed E-state index contributed by atoms with van der Waals surface area (Å²) in [6, 6.07) is 3.56. The second-order valence-electron chi connectivity index (χ2n) is 14.7. The van der Waals surface area contributed by atoms with E-state index in [1.165, 1.54) is 19.4 Å². The zero-order valence-corrected chi connectivity index (χ0v) is 30.9. The summed E-state index contributed by atoms with van der Waals surface area (Å²) < 4.78 is 7.23. The average molecular weight is 748 g/mol. The highest BCUT2D eigenvalue weighted by atomic mass is 16.5. The van der Waals surface area contributed by atoms with Crippen molar-refractivity contribution in [2.24, 2.45) is 13.0 Å². The highest BCUT2D eigenvalue weighted by Gasteiger charge is 2.46. The van der Waals surface area contributed by atoms with Crippen molar-refractivity contribution in [3.05, 3.63) is 48.2 Å². The van der Waals surface area contributed by atoms with Gasteiger partial charge in [0.15, 0.2) is 5.82 Å². The van der Waals surface area contributed by atoms with Gasteiger partial charge in [0.1, 0.15) is 42.9 Å². The molecule has 1 aromatic heterocycles. The lowest BCUT2D eigenvalue weighted by Gasteiger charge is -2.39. The summed E-state index contributed by atoms with van der Waals surface area (Å²) in [6.45, 7) is 3.66. The molecular weight excluding hydrogens is 698 g/mol. The monoisotopic (exact) mass is 747 g/mol. The number of fused-ring (bicyclic) bond motifs is 3. The molecule has 7 atom stereocenters. The van der Waals surface area contributed by atoms with Crippen LogP contribution in [-0.2, 0) is 47.0 Å². The van der Waals surface area contributed by atoms with Crippen LogP contribution in [0, 0.1) is 5.92 Å². The molecule has 0 spiro atoms. The first-order valence-electron chi connectivity index (χ1n) is 18.7. The highest BCUT2D eigenvalue weighted by Crippen LogP contribution is 2.28. The van der Waals surface area contributed by atoms with Crippen LogP contribution in [0.3, 0.4) is 0 Å². The molecule has 1 aromatic carbocycles. The lowest BCUT2D eigenvalue weighted by molar-refractivity contribution is -0.158. The van der Waals surface area contributed by atoms with Gasteiger partial charge >= 0.3 is 12.0 Å². The first-order chi connectivity index (χ1) is 25.9. The van der Waals surface area contributed by atoms with Gasteiger partial charge in [-0.15, -0.1) is 0 Å². The Morgan fingerprint density at radius 1 is 0.889 bits per heavy atom. The number of carbonyl (C=O) groups excluding carboxylic acids is 7. The number of piperidine rings is 1. The zero-order valence-electron chi connectivity index (χ0n) is 30.9. The van der Waals surface area contributed by atoms with Gasteiger partial charge in [0.25, 0.3) is 0 Å². The Bertz CT molecular complexity index is 1750. The molecule has 6 rings (SSSR count). The van der Waals surface area contributed by atoms with Gasteiger partial charge in [-0.05, 0) is 56.9 Å². The number of rotatable bonds is 6. The van der Waals surface area contributed by atoms with Crippen LogP contribution < -0.4 is 21.3 Å². The largest absolute Gasteiger partial charge is 0.461 e. The topological polar surface area (TPSA) is 204 Å². The lowest BCUT2D eigenvalue weighted by Crippen LogP contribution is -2.62. The van der Waals surface area contributed by atoms with Gasteiger partial charge in [-0.1, -0.05) is 37.3 Å². The van der Waals surface area contributed by atoms with Crippen molar-refractivity contribution in [1.29, 1.82) is 0 Å². The van der Waals surface area contributed by atoms with Crippen molar-refractivity contribution in [3.63, 3.8) is 0 Å². The molecule has 4 fully saturated rings. The third-order valence-corrected chi connectivity index (χ3v) is 10.6. The van der Waals surface area contributed by atoms with Crippen LogP contribution in [0.2, 0.25) is 0 Å². The minimum atomic E-state index is -1.44. The van der Waals surface area contributed by atoms with E-state index in [-0.39, 0.29) is 31.2 Å². The number of hydrogen-bond acceptors (Lipinski definition) is 9. The average Bonchev–Trinajstić information content (AvgIpc) is 3.91. The summed E-state index contributed by atoms with van der Waals surface area (Å²) in [5.74, 6) is -3.24. The number of nitrogens with one attached hydrogen (secondary N) is 4. The number of cyclic esters (lactones) is 1. The molecule has 290 valence electrons. The van der Waals surface area contributed by atoms with Gasteiger partial charge in [-0.3, -0.25) is 34.0 Å². The minimum Gasteiger partial charge on any atom is -0.461 e. The molecule has 0 aliphatic carbocycles. The maximum atomic E-state index is 14.4. The molecule has 0 saturated carbocycles. The summed E-state index contributed by atoms with van der Waals surface area (Å²) in [5.41, 5.74) is 0.728. The molecule has 5 heterocycles. The van der Waals surface area contributed by atoms with Gasteiger partial charge in [0.2, 0.25) is 29.5 Å². The Labute approximate surface area is 313 Å². The molecule has 0 unspecified atom stereocenters. The molecule has 0 bridgehead atoms. The number of anilines is 1. The fourth-order valence-electron chi connectivity index (χ4n) is 7.84. The summed E-state index contributed by atoms with van der Waals surface area (Å²) in [7, 11) is 1.69. The molecule has 4 saturated heterocycles. The van der Waals surface area contributed by atoms with Gasteiger partial charge in [0.05, 0.1) is 0 Å². The Balaban J connectivity index is 1.29. The number of carbonyl (C=O) groups is 7.